The number of halogens is 1. The molecule has 0 amide bonds. The summed E-state index contributed by atoms with van der Waals surface area (Å²) in [5.74, 6) is 0. The van der Waals surface area contributed by atoms with Crippen molar-refractivity contribution in [2.24, 2.45) is 0 Å². The van der Waals surface area contributed by atoms with Crippen LogP contribution in [0, 0.1) is 0 Å². The lowest BCUT2D eigenvalue weighted by atomic mass is 10.2. The normalized spacial score (nSPS) is 13.8. The lowest BCUT2D eigenvalue weighted by molar-refractivity contribution is 0.535. The van der Waals surface area contributed by atoms with Crippen molar-refractivity contribution in [3.63, 3.8) is 0 Å². The van der Waals surface area contributed by atoms with Crippen LogP contribution in [0.3, 0.4) is 0 Å². The highest BCUT2D eigenvalue weighted by Crippen LogP contribution is 2.51. The Kier molecular flexibility index (Phi) is 4.12. The molecule has 0 aromatic heterocycles. The number of hydrogen-bond acceptors (Lipinski definition) is 0. The van der Waals surface area contributed by atoms with E-state index < -0.39 is 8.41 Å². The van der Waals surface area contributed by atoms with Crippen LogP contribution in [-0.4, -0.2) is 8.41 Å². The minimum atomic E-state index is -3.06. The van der Waals surface area contributed by atoms with Gasteiger partial charge in [0.05, 0.1) is 0 Å². The topological polar surface area (TPSA) is 0 Å². The molecule has 0 aliphatic heterocycles. The molecule has 102 valence electrons. The molecular weight excluding hydrogens is 239 g/mol. The molecule has 0 saturated carbocycles. The summed E-state index contributed by atoms with van der Waals surface area (Å²) in [6, 6.07) is 8.19. The number of aryl methyl sites for hydroxylation is 1. The van der Waals surface area contributed by atoms with Gasteiger partial charge in [-0.3, -0.25) is 0 Å². The summed E-state index contributed by atoms with van der Waals surface area (Å²) in [7, 11) is -3.06. The summed E-state index contributed by atoms with van der Waals surface area (Å²) in [5.41, 5.74) is 1.28. The van der Waals surface area contributed by atoms with E-state index in [0.29, 0.717) is 0 Å². The average molecular weight is 266 g/mol. The van der Waals surface area contributed by atoms with Gasteiger partial charge < -0.3 is 4.11 Å². The molecule has 0 N–H and O–H groups in total. The van der Waals surface area contributed by atoms with Crippen LogP contribution < -0.4 is 5.19 Å². The highest BCUT2D eigenvalue weighted by Gasteiger charge is 2.56. The van der Waals surface area contributed by atoms with Crippen LogP contribution >= 0.6 is 0 Å². The predicted octanol–water partition coefficient (Wildman–Crippen LogP) is 4.97. The van der Waals surface area contributed by atoms with Crippen molar-refractivity contribution in [2.45, 2.75) is 65.0 Å². The minimum absolute atomic E-state index is 0.293. The highest BCUT2D eigenvalue weighted by molar-refractivity contribution is 6.90. The van der Waals surface area contributed by atoms with E-state index in [-0.39, 0.29) is 10.1 Å². The van der Waals surface area contributed by atoms with Crippen molar-refractivity contribution in [2.75, 3.05) is 0 Å². The first kappa shape index (κ1) is 15.4. The molecule has 0 aliphatic rings. The van der Waals surface area contributed by atoms with Gasteiger partial charge in [0.15, 0.2) is 0 Å². The Hall–Kier alpha value is -0.633. The van der Waals surface area contributed by atoms with Crippen LogP contribution in [0.5, 0.6) is 0 Å². The van der Waals surface area contributed by atoms with Crippen molar-refractivity contribution >= 4 is 13.6 Å². The van der Waals surface area contributed by atoms with Gasteiger partial charge >= 0.3 is 0 Å². The van der Waals surface area contributed by atoms with Crippen molar-refractivity contribution in [1.29, 1.82) is 0 Å². The molecule has 0 unspecified atom stereocenters. The van der Waals surface area contributed by atoms with Crippen LogP contribution in [0.4, 0.5) is 4.11 Å². The third-order valence-electron chi connectivity index (χ3n) is 3.83. The summed E-state index contributed by atoms with van der Waals surface area (Å²) >= 11 is 0. The molecule has 1 aromatic rings. The second-order valence-corrected chi connectivity index (χ2v) is 12.1. The second kappa shape index (κ2) is 4.80. The fourth-order valence-electron chi connectivity index (χ4n) is 2.96. The Morgan fingerprint density at radius 3 is 1.56 bits per heavy atom. The summed E-state index contributed by atoms with van der Waals surface area (Å²) < 4.78 is 15.9. The fraction of sp³-hybridized carbons (Fsp3) is 0.625. The third-order valence-corrected chi connectivity index (χ3v) is 9.09. The van der Waals surface area contributed by atoms with Crippen molar-refractivity contribution in [3.05, 3.63) is 29.8 Å². The van der Waals surface area contributed by atoms with E-state index in [1.807, 2.05) is 53.7 Å². The largest absolute Gasteiger partial charge is 0.307 e. The van der Waals surface area contributed by atoms with E-state index in [4.69, 9.17) is 0 Å². The van der Waals surface area contributed by atoms with Crippen LogP contribution in [0.1, 0.15) is 54.0 Å². The van der Waals surface area contributed by atoms with Crippen molar-refractivity contribution < 1.29 is 4.11 Å². The zero-order valence-corrected chi connectivity index (χ0v) is 13.9. The molecule has 0 aliphatic carbocycles. The van der Waals surface area contributed by atoms with Gasteiger partial charge in [0, 0.05) is 0 Å². The van der Waals surface area contributed by atoms with Gasteiger partial charge in [-0.25, -0.2) is 0 Å². The van der Waals surface area contributed by atoms with Gasteiger partial charge in [0.2, 0.25) is 0 Å². The Morgan fingerprint density at radius 2 is 1.28 bits per heavy atom. The monoisotopic (exact) mass is 266 g/mol. The van der Waals surface area contributed by atoms with Gasteiger partial charge in [0.25, 0.3) is 8.41 Å². The zero-order chi connectivity index (χ0) is 14.2. The summed E-state index contributed by atoms with van der Waals surface area (Å²) in [4.78, 5) is 0. The molecule has 0 fully saturated rings. The first-order chi connectivity index (χ1) is 8.04. The van der Waals surface area contributed by atoms with Crippen molar-refractivity contribution in [1.82, 2.24) is 0 Å². The standard InChI is InChI=1S/C16H27FSi/c1-8-13-9-11-14(12-10-13)18(17,15(2,3)4)16(5,6)7/h9-12H,8H2,1-7H3. The smallest absolute Gasteiger partial charge is 0.288 e. The van der Waals surface area contributed by atoms with Crippen LogP contribution in [-0.2, 0) is 6.42 Å². The molecule has 0 bridgehead atoms. The first-order valence-corrected chi connectivity index (χ1v) is 8.70. The van der Waals surface area contributed by atoms with Gasteiger partial charge in [-0.1, -0.05) is 72.7 Å². The van der Waals surface area contributed by atoms with E-state index in [1.54, 1.807) is 0 Å². The molecule has 1 aromatic carbocycles. The molecule has 0 radical (unpaired) electrons. The second-order valence-electron chi connectivity index (χ2n) is 7.21. The summed E-state index contributed by atoms with van der Waals surface area (Å²) in [5, 5.41) is 0.345. The summed E-state index contributed by atoms with van der Waals surface area (Å²) in [6.07, 6.45) is 1.01. The van der Waals surface area contributed by atoms with E-state index >= 15 is 4.11 Å². The van der Waals surface area contributed by atoms with E-state index in [2.05, 4.69) is 19.1 Å². The fourth-order valence-corrected chi connectivity index (χ4v) is 7.57. The zero-order valence-electron chi connectivity index (χ0n) is 12.9. The Morgan fingerprint density at radius 1 is 0.889 bits per heavy atom. The number of benzene rings is 1. The minimum Gasteiger partial charge on any atom is -0.307 e. The van der Waals surface area contributed by atoms with E-state index in [9.17, 15) is 0 Å². The molecule has 1 rings (SSSR count). The number of hydrogen-bond donors (Lipinski definition) is 0. The van der Waals surface area contributed by atoms with Gasteiger partial charge in [-0.05, 0) is 27.2 Å². The van der Waals surface area contributed by atoms with Gasteiger partial charge in [-0.2, -0.15) is 0 Å². The molecule has 0 atom stereocenters. The lowest BCUT2D eigenvalue weighted by Gasteiger charge is -2.44. The Labute approximate surface area is 113 Å². The summed E-state index contributed by atoms with van der Waals surface area (Å²) in [6.45, 7) is 14.4. The van der Waals surface area contributed by atoms with Crippen molar-refractivity contribution in [3.8, 4) is 0 Å². The van der Waals surface area contributed by atoms with Crippen LogP contribution in [0.25, 0.3) is 0 Å². The molecule has 18 heavy (non-hydrogen) atoms. The van der Waals surface area contributed by atoms with Crippen LogP contribution in [0.15, 0.2) is 24.3 Å². The maximum Gasteiger partial charge on any atom is 0.288 e. The number of rotatable bonds is 2. The highest BCUT2D eigenvalue weighted by atomic mass is 28.4. The SMILES string of the molecule is CCc1ccc([Si](F)(C(C)(C)C)C(C)(C)C)cc1. The van der Waals surface area contributed by atoms with Gasteiger partial charge in [0.1, 0.15) is 0 Å². The molecule has 0 heterocycles. The van der Waals surface area contributed by atoms with Crippen LogP contribution in [0.2, 0.25) is 10.1 Å². The Balaban J connectivity index is 3.36. The molecule has 0 saturated heterocycles. The van der Waals surface area contributed by atoms with Gasteiger partial charge in [-0.15, -0.1) is 0 Å². The molecule has 0 nitrogen and oxygen atoms in total. The lowest BCUT2D eigenvalue weighted by Crippen LogP contribution is -2.57. The first-order valence-electron chi connectivity index (χ1n) is 6.82. The average Bonchev–Trinajstić information content (AvgIpc) is 2.25. The van der Waals surface area contributed by atoms with E-state index in [1.165, 1.54) is 5.56 Å². The maximum atomic E-state index is 15.9. The van der Waals surface area contributed by atoms with E-state index in [0.717, 1.165) is 11.6 Å². The Bertz CT molecular complexity index is 379. The maximum absolute atomic E-state index is 15.9. The molecular formula is C16H27FSi. The predicted molar refractivity (Wildman–Crippen MR) is 81.7 cm³/mol. The quantitative estimate of drug-likeness (QED) is 0.523. The molecule has 0 spiro atoms. The molecule has 2 heteroatoms. The third kappa shape index (κ3) is 2.54.